The smallest absolute Gasteiger partial charge is 0.305 e. The molecule has 0 bridgehead atoms. The van der Waals surface area contributed by atoms with Gasteiger partial charge in [0.1, 0.15) is 0 Å². The predicted octanol–water partition coefficient (Wildman–Crippen LogP) is 14.5. The Morgan fingerprint density at radius 3 is 1.13 bits per heavy atom. The first-order valence-corrected chi connectivity index (χ1v) is 24.4. The van der Waals surface area contributed by atoms with Gasteiger partial charge < -0.3 is 19.1 Å². The van der Waals surface area contributed by atoms with Gasteiger partial charge in [-0.1, -0.05) is 182 Å². The fourth-order valence-electron chi connectivity index (χ4n) is 7.93. The van der Waals surface area contributed by atoms with Crippen LogP contribution >= 0.6 is 0 Å². The molecule has 0 saturated carbocycles. The normalized spacial score (nSPS) is 11.8. The topological polar surface area (TPSA) is 65.1 Å². The lowest BCUT2D eigenvalue weighted by atomic mass is 9.92. The van der Waals surface area contributed by atoms with Gasteiger partial charge in [0.15, 0.2) is 0 Å². The number of unbranched alkanes of at least 4 members (excludes halogenated alkanes) is 16. The highest BCUT2D eigenvalue weighted by atomic mass is 16.5. The van der Waals surface area contributed by atoms with Crippen LogP contribution in [0.25, 0.3) is 0 Å². The zero-order valence-corrected chi connectivity index (χ0v) is 38.1. The first-order chi connectivity index (χ1) is 26.9. The molecule has 0 fully saturated rings. The molecule has 6 heteroatoms. The Hall–Kier alpha value is -1.14. The van der Waals surface area contributed by atoms with Crippen LogP contribution in [0.3, 0.4) is 0 Å². The molecule has 0 radical (unpaired) electrons. The zero-order chi connectivity index (χ0) is 40.5. The number of nitrogens with zero attached hydrogens (tertiary/aromatic N) is 1. The van der Waals surface area contributed by atoms with Crippen LogP contribution in [0.2, 0.25) is 0 Å². The van der Waals surface area contributed by atoms with Crippen LogP contribution in [0.5, 0.6) is 0 Å². The van der Waals surface area contributed by atoms with E-state index >= 15 is 0 Å². The molecule has 0 aromatic rings. The standard InChI is InChI=1S/C49H97NO5/c1-7-11-21-30-45(31-22-12-8-2)38-42-54-48(51)36-27-19-15-17-25-34-47(44-53-41-29-40-50(5)6)35-26-18-16-20-28-37-49(52)55-43-39-46(32-23-13-9-3)33-24-14-10-4/h45-47H,7-44H2,1-6H3. The van der Waals surface area contributed by atoms with Crippen LogP contribution in [0.15, 0.2) is 0 Å². The van der Waals surface area contributed by atoms with Gasteiger partial charge in [0.2, 0.25) is 0 Å². The van der Waals surface area contributed by atoms with E-state index in [1.54, 1.807) is 0 Å². The fourth-order valence-corrected chi connectivity index (χ4v) is 7.93. The minimum Gasteiger partial charge on any atom is -0.466 e. The fraction of sp³-hybridized carbons (Fsp3) is 0.959. The molecule has 328 valence electrons. The molecule has 0 aromatic heterocycles. The molecule has 0 aliphatic heterocycles. The first-order valence-electron chi connectivity index (χ1n) is 24.4. The van der Waals surface area contributed by atoms with Crippen LogP contribution in [0.4, 0.5) is 0 Å². The maximum Gasteiger partial charge on any atom is 0.305 e. The number of carbonyl (C=O) groups excluding carboxylic acids is 2. The summed E-state index contributed by atoms with van der Waals surface area (Å²) < 4.78 is 17.5. The second kappa shape index (κ2) is 42.5. The molecule has 0 atom stereocenters. The summed E-state index contributed by atoms with van der Waals surface area (Å²) in [6.45, 7) is 13.1. The van der Waals surface area contributed by atoms with Gasteiger partial charge in [0, 0.05) is 26.1 Å². The molecule has 0 aliphatic rings. The van der Waals surface area contributed by atoms with E-state index in [9.17, 15) is 9.59 Å². The summed E-state index contributed by atoms with van der Waals surface area (Å²) >= 11 is 0. The van der Waals surface area contributed by atoms with E-state index in [2.05, 4.69) is 46.7 Å². The average Bonchev–Trinajstić information content (AvgIpc) is 3.16. The van der Waals surface area contributed by atoms with Gasteiger partial charge in [-0.25, -0.2) is 0 Å². The number of esters is 2. The van der Waals surface area contributed by atoms with Gasteiger partial charge in [-0.2, -0.15) is 0 Å². The predicted molar refractivity (Wildman–Crippen MR) is 237 cm³/mol. The summed E-state index contributed by atoms with van der Waals surface area (Å²) in [5, 5.41) is 0. The van der Waals surface area contributed by atoms with Crippen molar-refractivity contribution in [1.29, 1.82) is 0 Å². The second-order valence-corrected chi connectivity index (χ2v) is 17.4. The van der Waals surface area contributed by atoms with Crippen molar-refractivity contribution in [3.63, 3.8) is 0 Å². The van der Waals surface area contributed by atoms with Crippen molar-refractivity contribution >= 4 is 11.9 Å². The van der Waals surface area contributed by atoms with Crippen molar-refractivity contribution in [3.8, 4) is 0 Å². The van der Waals surface area contributed by atoms with Gasteiger partial charge in [0.25, 0.3) is 0 Å². The molecule has 0 aromatic carbocycles. The summed E-state index contributed by atoms with van der Waals surface area (Å²) in [7, 11) is 4.24. The average molecular weight is 780 g/mol. The maximum absolute atomic E-state index is 12.4. The number of hydrogen-bond donors (Lipinski definition) is 0. The molecule has 0 N–H and O–H groups in total. The Balaban J connectivity index is 4.23. The molecular formula is C49H97NO5. The zero-order valence-electron chi connectivity index (χ0n) is 38.1. The van der Waals surface area contributed by atoms with Gasteiger partial charge >= 0.3 is 11.9 Å². The van der Waals surface area contributed by atoms with Gasteiger partial charge in [-0.15, -0.1) is 0 Å². The van der Waals surface area contributed by atoms with Crippen molar-refractivity contribution in [2.24, 2.45) is 17.8 Å². The number of carbonyl (C=O) groups is 2. The summed E-state index contributed by atoms with van der Waals surface area (Å²) in [5.74, 6) is 2.07. The molecule has 6 nitrogen and oxygen atoms in total. The van der Waals surface area contributed by atoms with Gasteiger partial charge in [-0.05, 0) is 83.3 Å². The van der Waals surface area contributed by atoms with E-state index in [1.165, 1.54) is 154 Å². The minimum atomic E-state index is 0.00182. The third kappa shape index (κ3) is 39.5. The molecule has 55 heavy (non-hydrogen) atoms. The van der Waals surface area contributed by atoms with Gasteiger partial charge in [0.05, 0.1) is 13.2 Å². The van der Waals surface area contributed by atoms with Crippen molar-refractivity contribution < 1.29 is 23.8 Å². The Morgan fingerprint density at radius 2 is 0.745 bits per heavy atom. The molecule has 0 amide bonds. The van der Waals surface area contributed by atoms with Gasteiger partial charge in [-0.3, -0.25) is 9.59 Å². The lowest BCUT2D eigenvalue weighted by molar-refractivity contribution is -0.145. The molecule has 0 saturated heterocycles. The summed E-state index contributed by atoms with van der Waals surface area (Å²) in [6.07, 6.45) is 39.0. The Bertz CT molecular complexity index is 728. The van der Waals surface area contributed by atoms with Crippen LogP contribution in [-0.2, 0) is 23.8 Å². The highest BCUT2D eigenvalue weighted by Gasteiger charge is 2.13. The van der Waals surface area contributed by atoms with E-state index < -0.39 is 0 Å². The first kappa shape index (κ1) is 53.9. The Morgan fingerprint density at radius 1 is 0.400 bits per heavy atom. The summed E-state index contributed by atoms with van der Waals surface area (Å²) in [6, 6.07) is 0. The number of rotatable bonds is 44. The molecule has 0 rings (SSSR count). The number of hydrogen-bond acceptors (Lipinski definition) is 6. The van der Waals surface area contributed by atoms with Crippen LogP contribution < -0.4 is 0 Å². The molecule has 0 aliphatic carbocycles. The van der Waals surface area contributed by atoms with E-state index in [0.717, 1.165) is 64.7 Å². The van der Waals surface area contributed by atoms with Crippen LogP contribution in [-0.4, -0.2) is 63.9 Å². The highest BCUT2D eigenvalue weighted by Crippen LogP contribution is 2.23. The van der Waals surface area contributed by atoms with Crippen molar-refractivity contribution in [2.75, 3.05) is 47.1 Å². The third-order valence-corrected chi connectivity index (χ3v) is 11.7. The largest absolute Gasteiger partial charge is 0.466 e. The van der Waals surface area contributed by atoms with Crippen LogP contribution in [0, 0.1) is 17.8 Å². The molecule has 0 unspecified atom stereocenters. The Kier molecular flexibility index (Phi) is 41.6. The summed E-state index contributed by atoms with van der Waals surface area (Å²) in [4.78, 5) is 27.0. The van der Waals surface area contributed by atoms with E-state index in [0.29, 0.717) is 43.8 Å². The lowest BCUT2D eigenvalue weighted by Crippen LogP contribution is -2.16. The molecular weight excluding hydrogens is 683 g/mol. The monoisotopic (exact) mass is 780 g/mol. The molecule has 0 heterocycles. The van der Waals surface area contributed by atoms with E-state index in [4.69, 9.17) is 14.2 Å². The third-order valence-electron chi connectivity index (χ3n) is 11.7. The Labute approximate surface area is 344 Å². The van der Waals surface area contributed by atoms with E-state index in [-0.39, 0.29) is 11.9 Å². The highest BCUT2D eigenvalue weighted by molar-refractivity contribution is 5.69. The number of ether oxygens (including phenoxy) is 3. The van der Waals surface area contributed by atoms with Crippen molar-refractivity contribution in [1.82, 2.24) is 4.90 Å². The summed E-state index contributed by atoms with van der Waals surface area (Å²) in [5.41, 5.74) is 0. The minimum absolute atomic E-state index is 0.00182. The SMILES string of the molecule is CCCCCC(CCCCC)CCOC(=O)CCCCCCCC(CCCCCCCC(=O)OCCC(CCCCC)CCCCC)COCCCN(C)C. The lowest BCUT2D eigenvalue weighted by Gasteiger charge is -2.18. The van der Waals surface area contributed by atoms with Crippen molar-refractivity contribution in [2.45, 2.75) is 240 Å². The van der Waals surface area contributed by atoms with E-state index in [1.807, 2.05) is 0 Å². The second-order valence-electron chi connectivity index (χ2n) is 17.4. The quantitative estimate of drug-likeness (QED) is 0.0453. The molecule has 0 spiro atoms. The van der Waals surface area contributed by atoms with Crippen LogP contribution in [0.1, 0.15) is 240 Å². The van der Waals surface area contributed by atoms with Crippen molar-refractivity contribution in [3.05, 3.63) is 0 Å². The maximum atomic E-state index is 12.4.